The third kappa shape index (κ3) is 4.30. The van der Waals surface area contributed by atoms with Crippen LogP contribution in [0.4, 0.5) is 0 Å². The molecule has 3 aliphatic rings. The molecule has 2 atom stereocenters. The second-order valence-corrected chi connectivity index (χ2v) is 39.6. The molecule has 7 rings (SSSR count). The number of hydrogen-bond acceptors (Lipinski definition) is 0. The minimum atomic E-state index is -3.93. The van der Waals surface area contributed by atoms with Gasteiger partial charge in [0.25, 0.3) is 0 Å². The Hall–Kier alpha value is -2.90. The van der Waals surface area contributed by atoms with Crippen molar-refractivity contribution in [1.29, 1.82) is 0 Å². The van der Waals surface area contributed by atoms with Crippen molar-refractivity contribution in [1.82, 2.24) is 0 Å². The van der Waals surface area contributed by atoms with E-state index in [-0.39, 0.29) is 0 Å². The molecule has 41 heavy (non-hydrogen) atoms. The Morgan fingerprint density at radius 2 is 1.02 bits per heavy atom. The van der Waals surface area contributed by atoms with Crippen molar-refractivity contribution < 1.29 is 18.0 Å². The van der Waals surface area contributed by atoms with Crippen LogP contribution in [0.5, 0.6) is 0 Å². The van der Waals surface area contributed by atoms with Gasteiger partial charge in [-0.3, -0.25) is 0 Å². The fourth-order valence-electron chi connectivity index (χ4n) is 8.75. The molecule has 2 unspecified atom stereocenters. The molecule has 0 saturated heterocycles. The van der Waals surface area contributed by atoms with Gasteiger partial charge in [-0.1, -0.05) is 0 Å². The zero-order valence-corrected chi connectivity index (χ0v) is 28.7. The average Bonchev–Trinajstić information content (AvgIpc) is 3.64. The van der Waals surface area contributed by atoms with Crippen LogP contribution in [0.1, 0.15) is 72.8 Å². The molecule has 206 valence electrons. The van der Waals surface area contributed by atoms with Crippen LogP contribution in [-0.4, -0.2) is 3.26 Å². The molecule has 0 radical (unpaired) electrons. The van der Waals surface area contributed by atoms with E-state index in [1.165, 1.54) is 76.6 Å². The first-order chi connectivity index (χ1) is 19.8. The maximum atomic E-state index is 2.84. The van der Waals surface area contributed by atoms with Crippen molar-refractivity contribution in [3.05, 3.63) is 130 Å². The van der Waals surface area contributed by atoms with Crippen molar-refractivity contribution in [3.8, 4) is 22.3 Å². The van der Waals surface area contributed by atoms with Crippen molar-refractivity contribution in [3.63, 3.8) is 0 Å². The molecular formula is C40H42Hf. The summed E-state index contributed by atoms with van der Waals surface area (Å²) >= 11 is -3.93. The summed E-state index contributed by atoms with van der Waals surface area (Å²) in [5.74, 6) is 0. The van der Waals surface area contributed by atoms with Crippen molar-refractivity contribution in [2.45, 2.75) is 62.7 Å². The van der Waals surface area contributed by atoms with E-state index in [4.69, 9.17) is 0 Å². The van der Waals surface area contributed by atoms with Crippen LogP contribution < -0.4 is 0 Å². The van der Waals surface area contributed by atoms with E-state index < -0.39 is 18.0 Å². The maximum absolute atomic E-state index is 3.93. The van der Waals surface area contributed by atoms with Gasteiger partial charge in [0.1, 0.15) is 0 Å². The standard InChI is InChI=1S/2C16H13.C6H10.2CH3.Hf/c2*1-12-5-2-8-14(11-12)16-10-4-7-13-6-3-9-15(13)16;1-2-4-6-5-3-1;;;/h2*2-11H,1H3;1-5H2;2*1H3;. The monoisotopic (exact) mass is 702 g/mol. The first-order valence-corrected chi connectivity index (χ1v) is 28.8. The Morgan fingerprint density at radius 3 is 1.49 bits per heavy atom. The normalized spacial score (nSPS) is 19.9. The number of allylic oxidation sites excluding steroid dienone is 2. The summed E-state index contributed by atoms with van der Waals surface area (Å²) in [7, 11) is 0. The van der Waals surface area contributed by atoms with Gasteiger partial charge in [-0.05, 0) is 0 Å². The predicted octanol–water partition coefficient (Wildman–Crippen LogP) is 11.4. The number of aryl methyl sites for hydroxylation is 2. The van der Waals surface area contributed by atoms with Crippen LogP contribution in [0.3, 0.4) is 0 Å². The Balaban J connectivity index is 1.43. The fourth-order valence-corrected chi connectivity index (χ4v) is 33.9. The van der Waals surface area contributed by atoms with E-state index in [2.05, 4.69) is 132 Å². The summed E-state index contributed by atoms with van der Waals surface area (Å²) < 4.78 is 8.71. The fraction of sp³-hybridized carbons (Fsp3) is 0.275. The summed E-state index contributed by atoms with van der Waals surface area (Å²) in [6, 6.07) is 32.3. The van der Waals surface area contributed by atoms with Crippen LogP contribution in [-0.2, 0) is 18.0 Å². The number of fused-ring (bicyclic) bond motifs is 2. The summed E-state index contributed by atoms with van der Waals surface area (Å²) in [5, 5.41) is 0. The van der Waals surface area contributed by atoms with Gasteiger partial charge in [0.05, 0.1) is 0 Å². The Morgan fingerprint density at radius 1 is 0.561 bits per heavy atom. The quantitative estimate of drug-likeness (QED) is 0.186. The summed E-state index contributed by atoms with van der Waals surface area (Å²) in [6.45, 7) is 4.41. The van der Waals surface area contributed by atoms with E-state index in [0.717, 1.165) is 0 Å². The molecule has 1 fully saturated rings. The molecule has 0 aliphatic heterocycles. The number of hydrogen-bond donors (Lipinski definition) is 0. The van der Waals surface area contributed by atoms with Crippen LogP contribution in [0.15, 0.2) is 97.1 Å². The van der Waals surface area contributed by atoms with E-state index in [1.54, 1.807) is 11.1 Å². The third-order valence-corrected chi connectivity index (χ3v) is 38.2. The van der Waals surface area contributed by atoms with Crippen LogP contribution in [0.25, 0.3) is 34.4 Å². The zero-order chi connectivity index (χ0) is 28.2. The molecule has 0 heterocycles. The molecular weight excluding hydrogens is 659 g/mol. The van der Waals surface area contributed by atoms with Gasteiger partial charge < -0.3 is 0 Å². The molecule has 3 aliphatic carbocycles. The van der Waals surface area contributed by atoms with E-state index in [0.29, 0.717) is 7.35 Å². The van der Waals surface area contributed by atoms with Gasteiger partial charge in [-0.2, -0.15) is 0 Å². The van der Waals surface area contributed by atoms with Crippen LogP contribution in [0.2, 0.25) is 9.36 Å². The van der Waals surface area contributed by atoms with Gasteiger partial charge in [-0.25, -0.2) is 0 Å². The summed E-state index contributed by atoms with van der Waals surface area (Å²) in [4.78, 5) is 0. The van der Waals surface area contributed by atoms with Crippen molar-refractivity contribution in [2.75, 3.05) is 0 Å². The molecule has 0 amide bonds. The number of rotatable bonds is 4. The van der Waals surface area contributed by atoms with Gasteiger partial charge in [0.15, 0.2) is 0 Å². The SMILES string of the molecule is Cc1cccc(-c2cccc3c2C=C[CH]3[Hf]([CH3])([CH3])(=[C]2CCCCC2)[CH]2C=Cc3c(-c4cccc(C)c4)cccc32)c1. The zero-order valence-electron chi connectivity index (χ0n) is 25.1. The van der Waals surface area contributed by atoms with Gasteiger partial charge in [0.2, 0.25) is 0 Å². The number of benzene rings is 4. The van der Waals surface area contributed by atoms with Crippen LogP contribution in [0, 0.1) is 13.8 Å². The van der Waals surface area contributed by atoms with Crippen LogP contribution >= 0.6 is 0 Å². The molecule has 4 aromatic carbocycles. The predicted molar refractivity (Wildman–Crippen MR) is 177 cm³/mol. The second-order valence-electron chi connectivity index (χ2n) is 13.8. The summed E-state index contributed by atoms with van der Waals surface area (Å²) in [6.07, 6.45) is 17.1. The van der Waals surface area contributed by atoms with E-state index in [9.17, 15) is 0 Å². The molecule has 0 spiro atoms. The third-order valence-electron chi connectivity index (χ3n) is 11.0. The molecule has 0 bridgehead atoms. The first kappa shape index (κ1) is 27.0. The molecule has 0 N–H and O–H groups in total. The Bertz CT molecular complexity index is 1680. The Labute approximate surface area is 247 Å². The topological polar surface area (TPSA) is 0 Å². The molecule has 0 aromatic heterocycles. The van der Waals surface area contributed by atoms with Crippen molar-refractivity contribution >= 4 is 15.4 Å². The first-order valence-electron chi connectivity index (χ1n) is 15.7. The minimum absolute atomic E-state index is 0.531. The van der Waals surface area contributed by atoms with Gasteiger partial charge >= 0.3 is 249 Å². The average molecular weight is 701 g/mol. The molecule has 1 heteroatoms. The van der Waals surface area contributed by atoms with E-state index in [1.807, 2.05) is 3.26 Å². The Kier molecular flexibility index (Phi) is 6.66. The van der Waals surface area contributed by atoms with Crippen molar-refractivity contribution in [2.24, 2.45) is 0 Å². The molecule has 1 saturated carbocycles. The molecule has 4 aromatic rings. The second kappa shape index (κ2) is 10.1. The van der Waals surface area contributed by atoms with Gasteiger partial charge in [0, 0.05) is 0 Å². The summed E-state index contributed by atoms with van der Waals surface area (Å²) in [5.41, 5.74) is 14.2. The molecule has 0 nitrogen and oxygen atoms in total. The van der Waals surface area contributed by atoms with E-state index >= 15 is 0 Å². The van der Waals surface area contributed by atoms with Gasteiger partial charge in [-0.15, -0.1) is 0 Å².